The predicted molar refractivity (Wildman–Crippen MR) is 114 cm³/mol. The molecule has 2 heterocycles. The Morgan fingerprint density at radius 1 is 1.04 bits per heavy atom. The number of hydrogen-bond acceptors (Lipinski definition) is 3. The smallest absolute Gasteiger partial charge is 0.263 e. The standard InChI is InChI=1S/C23H22N2OS/c1-15(2)18-11-9-17(10-12-18)13-25-14-24-22-21(23(25)26)20(16(3)27-22)19-7-5-4-6-8-19/h4-12,14-15H,13H2,1-3H3. The average molecular weight is 375 g/mol. The summed E-state index contributed by atoms with van der Waals surface area (Å²) in [6, 6.07) is 18.6. The van der Waals surface area contributed by atoms with Crippen LogP contribution in [0.25, 0.3) is 21.3 Å². The summed E-state index contributed by atoms with van der Waals surface area (Å²) in [6.07, 6.45) is 1.67. The maximum atomic E-state index is 13.2. The van der Waals surface area contributed by atoms with Gasteiger partial charge in [-0.05, 0) is 29.5 Å². The SMILES string of the molecule is Cc1sc2ncn(Cc3ccc(C(C)C)cc3)c(=O)c2c1-c1ccccc1. The van der Waals surface area contributed by atoms with Crippen LogP contribution in [0.15, 0.2) is 65.7 Å². The third-order valence-corrected chi connectivity index (χ3v) is 5.93. The number of aryl methyl sites for hydroxylation is 1. The van der Waals surface area contributed by atoms with Crippen LogP contribution in [0.4, 0.5) is 0 Å². The summed E-state index contributed by atoms with van der Waals surface area (Å²) in [4.78, 5) is 19.8. The molecule has 0 saturated heterocycles. The zero-order valence-corrected chi connectivity index (χ0v) is 16.6. The molecule has 136 valence electrons. The Labute approximate surface area is 163 Å². The summed E-state index contributed by atoms with van der Waals surface area (Å²) in [5.74, 6) is 0.502. The summed E-state index contributed by atoms with van der Waals surface area (Å²) >= 11 is 1.58. The first-order valence-electron chi connectivity index (χ1n) is 9.17. The van der Waals surface area contributed by atoms with Gasteiger partial charge in [-0.2, -0.15) is 0 Å². The van der Waals surface area contributed by atoms with E-state index in [-0.39, 0.29) is 5.56 Å². The maximum absolute atomic E-state index is 13.2. The molecule has 0 saturated carbocycles. The Balaban J connectivity index is 1.79. The van der Waals surface area contributed by atoms with E-state index in [9.17, 15) is 4.79 Å². The average Bonchev–Trinajstić information content (AvgIpc) is 3.02. The Morgan fingerprint density at radius 3 is 2.41 bits per heavy atom. The Morgan fingerprint density at radius 2 is 1.74 bits per heavy atom. The van der Waals surface area contributed by atoms with Crippen molar-refractivity contribution in [1.82, 2.24) is 9.55 Å². The molecule has 3 nitrogen and oxygen atoms in total. The van der Waals surface area contributed by atoms with E-state index in [2.05, 4.69) is 62.2 Å². The van der Waals surface area contributed by atoms with Gasteiger partial charge in [0.1, 0.15) is 4.83 Å². The predicted octanol–water partition coefficient (Wildman–Crippen LogP) is 5.61. The Bertz CT molecular complexity index is 1140. The third-order valence-electron chi connectivity index (χ3n) is 4.92. The van der Waals surface area contributed by atoms with Crippen LogP contribution in [0.5, 0.6) is 0 Å². The van der Waals surface area contributed by atoms with Gasteiger partial charge < -0.3 is 0 Å². The van der Waals surface area contributed by atoms with Crippen molar-refractivity contribution in [2.75, 3.05) is 0 Å². The molecule has 0 radical (unpaired) electrons. The van der Waals surface area contributed by atoms with Crippen molar-refractivity contribution < 1.29 is 0 Å². The highest BCUT2D eigenvalue weighted by atomic mass is 32.1. The molecule has 0 unspecified atom stereocenters. The van der Waals surface area contributed by atoms with E-state index in [1.807, 2.05) is 18.2 Å². The highest BCUT2D eigenvalue weighted by Crippen LogP contribution is 2.35. The maximum Gasteiger partial charge on any atom is 0.263 e. The molecule has 27 heavy (non-hydrogen) atoms. The highest BCUT2D eigenvalue weighted by molar-refractivity contribution is 7.19. The minimum atomic E-state index is 0.0242. The van der Waals surface area contributed by atoms with Crippen LogP contribution in [0.3, 0.4) is 0 Å². The van der Waals surface area contributed by atoms with Crippen molar-refractivity contribution in [2.45, 2.75) is 33.2 Å². The van der Waals surface area contributed by atoms with Gasteiger partial charge in [0, 0.05) is 10.4 Å². The van der Waals surface area contributed by atoms with Crippen molar-refractivity contribution in [2.24, 2.45) is 0 Å². The van der Waals surface area contributed by atoms with Crippen molar-refractivity contribution in [3.05, 3.63) is 87.3 Å². The highest BCUT2D eigenvalue weighted by Gasteiger charge is 2.16. The molecule has 0 N–H and O–H groups in total. The summed E-state index contributed by atoms with van der Waals surface area (Å²) < 4.78 is 1.71. The molecular formula is C23H22N2OS. The molecule has 4 heteroatoms. The molecule has 0 amide bonds. The third kappa shape index (κ3) is 3.33. The lowest BCUT2D eigenvalue weighted by molar-refractivity contribution is 0.748. The number of benzene rings is 2. The van der Waals surface area contributed by atoms with Crippen LogP contribution in [0, 0.1) is 6.92 Å². The largest absolute Gasteiger partial charge is 0.294 e. The van der Waals surface area contributed by atoms with Crippen LogP contribution in [0.2, 0.25) is 0 Å². The van der Waals surface area contributed by atoms with E-state index in [1.165, 1.54) is 5.56 Å². The lowest BCUT2D eigenvalue weighted by Crippen LogP contribution is -2.21. The van der Waals surface area contributed by atoms with Gasteiger partial charge in [-0.15, -0.1) is 11.3 Å². The van der Waals surface area contributed by atoms with Crippen molar-refractivity contribution in [3.63, 3.8) is 0 Å². The van der Waals surface area contributed by atoms with Crippen molar-refractivity contribution in [1.29, 1.82) is 0 Å². The van der Waals surface area contributed by atoms with E-state index >= 15 is 0 Å². The number of fused-ring (bicyclic) bond motifs is 1. The lowest BCUT2D eigenvalue weighted by atomic mass is 10.0. The first-order chi connectivity index (χ1) is 13.0. The minimum absolute atomic E-state index is 0.0242. The number of nitrogens with zero attached hydrogens (tertiary/aromatic N) is 2. The van der Waals surface area contributed by atoms with E-state index in [4.69, 9.17) is 0 Å². The fourth-order valence-corrected chi connectivity index (χ4v) is 4.41. The molecule has 4 aromatic rings. The van der Waals surface area contributed by atoms with Gasteiger partial charge in [0.2, 0.25) is 0 Å². The van der Waals surface area contributed by atoms with Crippen LogP contribution >= 0.6 is 11.3 Å². The van der Waals surface area contributed by atoms with Crippen LogP contribution in [-0.4, -0.2) is 9.55 Å². The van der Waals surface area contributed by atoms with Gasteiger partial charge in [0.25, 0.3) is 5.56 Å². The van der Waals surface area contributed by atoms with E-state index < -0.39 is 0 Å². The second kappa shape index (κ2) is 7.12. The summed E-state index contributed by atoms with van der Waals surface area (Å²) in [5.41, 5.74) is 4.52. The van der Waals surface area contributed by atoms with Gasteiger partial charge >= 0.3 is 0 Å². The molecule has 4 rings (SSSR count). The van der Waals surface area contributed by atoms with E-state index in [0.29, 0.717) is 12.5 Å². The van der Waals surface area contributed by atoms with Crippen LogP contribution in [-0.2, 0) is 6.54 Å². The van der Waals surface area contributed by atoms with Crippen molar-refractivity contribution in [3.8, 4) is 11.1 Å². The normalized spacial score (nSPS) is 11.4. The number of thiophene rings is 1. The topological polar surface area (TPSA) is 34.9 Å². The Hall–Kier alpha value is -2.72. The van der Waals surface area contributed by atoms with E-state index in [1.54, 1.807) is 22.2 Å². The molecule has 0 fully saturated rings. The molecule has 0 aliphatic heterocycles. The van der Waals surface area contributed by atoms with Crippen molar-refractivity contribution >= 4 is 21.6 Å². The van der Waals surface area contributed by atoms with E-state index in [0.717, 1.165) is 31.8 Å². The fraction of sp³-hybridized carbons (Fsp3) is 0.217. The molecule has 0 aliphatic rings. The zero-order chi connectivity index (χ0) is 19.0. The minimum Gasteiger partial charge on any atom is -0.294 e. The molecule has 0 bridgehead atoms. The summed E-state index contributed by atoms with van der Waals surface area (Å²) in [6.45, 7) is 6.95. The first kappa shape index (κ1) is 17.7. The summed E-state index contributed by atoms with van der Waals surface area (Å²) in [7, 11) is 0. The quantitative estimate of drug-likeness (QED) is 0.466. The van der Waals surface area contributed by atoms with Crippen LogP contribution < -0.4 is 5.56 Å². The zero-order valence-electron chi connectivity index (χ0n) is 15.8. The van der Waals surface area contributed by atoms with Crippen LogP contribution in [0.1, 0.15) is 35.8 Å². The van der Waals surface area contributed by atoms with Gasteiger partial charge in [0.05, 0.1) is 18.3 Å². The lowest BCUT2D eigenvalue weighted by Gasteiger charge is -2.09. The first-order valence-corrected chi connectivity index (χ1v) is 9.99. The number of hydrogen-bond donors (Lipinski definition) is 0. The number of rotatable bonds is 4. The monoisotopic (exact) mass is 374 g/mol. The van der Waals surface area contributed by atoms with Gasteiger partial charge in [0.15, 0.2) is 0 Å². The van der Waals surface area contributed by atoms with Gasteiger partial charge in [-0.3, -0.25) is 9.36 Å². The molecular weight excluding hydrogens is 352 g/mol. The summed E-state index contributed by atoms with van der Waals surface area (Å²) in [5, 5.41) is 0.727. The molecule has 2 aromatic carbocycles. The molecule has 0 atom stereocenters. The molecule has 2 aromatic heterocycles. The number of aromatic nitrogens is 2. The van der Waals surface area contributed by atoms with Gasteiger partial charge in [-0.25, -0.2) is 4.98 Å². The Kier molecular flexibility index (Phi) is 4.66. The second-order valence-electron chi connectivity index (χ2n) is 7.15. The van der Waals surface area contributed by atoms with Gasteiger partial charge in [-0.1, -0.05) is 68.4 Å². The molecule has 0 spiro atoms. The fourth-order valence-electron chi connectivity index (χ4n) is 3.41. The second-order valence-corrected chi connectivity index (χ2v) is 8.36. The molecule has 0 aliphatic carbocycles.